The Morgan fingerprint density at radius 2 is 1.66 bits per heavy atom. The van der Waals surface area contributed by atoms with Crippen LogP contribution in [0.3, 0.4) is 0 Å². The molecule has 4 nitrogen and oxygen atoms in total. The molecule has 4 aromatic rings. The maximum atomic E-state index is 13.6. The number of hydrogen-bond acceptors (Lipinski definition) is 4. The monoisotopic (exact) mass is 438 g/mol. The van der Waals surface area contributed by atoms with Crippen molar-refractivity contribution in [3.8, 4) is 11.1 Å². The number of fused-ring (bicyclic) bond motifs is 2. The Bertz CT molecular complexity index is 1350. The maximum Gasteiger partial charge on any atom is 0.239 e. The van der Waals surface area contributed by atoms with Crippen LogP contribution in [-0.4, -0.2) is 30.3 Å². The summed E-state index contributed by atoms with van der Waals surface area (Å²) in [6.45, 7) is 0.584. The summed E-state index contributed by atoms with van der Waals surface area (Å²) in [4.78, 5) is 30.4. The number of likely N-dealkylation sites (tertiary alicyclic amines) is 1. The fraction of sp³-hybridized carbons (Fsp3) is 0.185. The molecule has 3 aromatic carbocycles. The minimum absolute atomic E-state index is 0.0854. The summed E-state index contributed by atoms with van der Waals surface area (Å²) in [6.07, 6.45) is 0. The second kappa shape index (κ2) is 7.40. The molecule has 2 aliphatic rings. The number of thiophene rings is 1. The van der Waals surface area contributed by atoms with E-state index in [1.807, 2.05) is 49.5 Å². The largest absolute Gasteiger partial charge is 0.298 e. The third kappa shape index (κ3) is 2.85. The molecule has 0 unspecified atom stereocenters. The van der Waals surface area contributed by atoms with Gasteiger partial charge in [-0.1, -0.05) is 48.5 Å². The topological polar surface area (TPSA) is 40.6 Å². The molecule has 32 heavy (non-hydrogen) atoms. The Labute approximate surface area is 190 Å². The number of anilines is 1. The Hall–Kier alpha value is -3.28. The van der Waals surface area contributed by atoms with Gasteiger partial charge in [-0.05, 0) is 64.8 Å². The lowest BCUT2D eigenvalue weighted by molar-refractivity contribution is -0.123. The van der Waals surface area contributed by atoms with Crippen molar-refractivity contribution in [3.05, 3.63) is 89.8 Å². The Kier molecular flexibility index (Phi) is 4.49. The molecule has 0 N–H and O–H groups in total. The molecule has 3 heterocycles. The predicted molar refractivity (Wildman–Crippen MR) is 129 cm³/mol. The van der Waals surface area contributed by atoms with E-state index in [2.05, 4.69) is 46.7 Å². The zero-order valence-electron chi connectivity index (χ0n) is 17.6. The SMILES string of the molecule is CN1C[C@@H]2C(=O)N(c3ccccc3)C(=O)[C@@H]2[C@@H]1c1ccccc1-c1ccc2sccc2c1. The van der Waals surface area contributed by atoms with Crippen LogP contribution in [0.15, 0.2) is 84.2 Å². The Morgan fingerprint density at radius 3 is 2.50 bits per heavy atom. The highest BCUT2D eigenvalue weighted by Gasteiger charge is 2.57. The van der Waals surface area contributed by atoms with Gasteiger partial charge in [0, 0.05) is 17.3 Å². The standard InChI is InChI=1S/C27H22N2O2S/c1-28-16-22-24(27(31)29(26(22)30)19-7-3-2-4-8-19)25(28)21-10-6-5-9-20(21)17-11-12-23-18(15-17)13-14-32-23/h2-15,22,24-25H,16H2,1H3/t22-,24-,25-/m0/s1. The molecule has 2 saturated heterocycles. The number of amides is 2. The van der Waals surface area contributed by atoms with Crippen LogP contribution in [0.1, 0.15) is 11.6 Å². The van der Waals surface area contributed by atoms with Crippen molar-refractivity contribution in [2.24, 2.45) is 11.8 Å². The van der Waals surface area contributed by atoms with Crippen LogP contribution in [-0.2, 0) is 9.59 Å². The number of para-hydroxylation sites is 1. The van der Waals surface area contributed by atoms with Gasteiger partial charge in [-0.25, -0.2) is 4.90 Å². The number of hydrogen-bond donors (Lipinski definition) is 0. The molecule has 158 valence electrons. The third-order valence-corrected chi connectivity index (χ3v) is 7.73. The van der Waals surface area contributed by atoms with Crippen LogP contribution in [0.4, 0.5) is 5.69 Å². The molecule has 3 atom stereocenters. The molecular formula is C27H22N2O2S. The smallest absolute Gasteiger partial charge is 0.239 e. The lowest BCUT2D eigenvalue weighted by Crippen LogP contribution is -2.36. The van der Waals surface area contributed by atoms with Crippen molar-refractivity contribution in [1.29, 1.82) is 0 Å². The van der Waals surface area contributed by atoms with Gasteiger partial charge in [-0.3, -0.25) is 14.5 Å². The number of carbonyl (C=O) groups excluding carboxylic acids is 2. The zero-order valence-corrected chi connectivity index (χ0v) is 18.5. The van der Waals surface area contributed by atoms with Gasteiger partial charge in [0.1, 0.15) is 0 Å². The fourth-order valence-electron chi connectivity index (χ4n) is 5.41. The van der Waals surface area contributed by atoms with E-state index in [4.69, 9.17) is 0 Å². The van der Waals surface area contributed by atoms with Gasteiger partial charge in [0.15, 0.2) is 0 Å². The number of carbonyl (C=O) groups is 2. The molecule has 6 rings (SSSR count). The lowest BCUT2D eigenvalue weighted by atomic mass is 9.85. The van der Waals surface area contributed by atoms with Crippen LogP contribution < -0.4 is 4.90 Å². The molecular weight excluding hydrogens is 416 g/mol. The maximum absolute atomic E-state index is 13.6. The van der Waals surface area contributed by atoms with E-state index < -0.39 is 0 Å². The van der Waals surface area contributed by atoms with E-state index in [1.165, 1.54) is 15.0 Å². The van der Waals surface area contributed by atoms with Crippen molar-refractivity contribution in [2.45, 2.75) is 6.04 Å². The van der Waals surface area contributed by atoms with Crippen molar-refractivity contribution in [2.75, 3.05) is 18.5 Å². The van der Waals surface area contributed by atoms with Crippen LogP contribution in [0.25, 0.3) is 21.2 Å². The first kappa shape index (κ1) is 19.4. The highest BCUT2D eigenvalue weighted by molar-refractivity contribution is 7.17. The molecule has 0 spiro atoms. The second-order valence-electron chi connectivity index (χ2n) is 8.62. The van der Waals surface area contributed by atoms with E-state index in [-0.39, 0.29) is 29.7 Å². The number of nitrogens with zero attached hydrogens (tertiary/aromatic N) is 2. The summed E-state index contributed by atoms with van der Waals surface area (Å²) < 4.78 is 1.26. The molecule has 1 aromatic heterocycles. The summed E-state index contributed by atoms with van der Waals surface area (Å²) >= 11 is 1.74. The van der Waals surface area contributed by atoms with Crippen molar-refractivity contribution in [3.63, 3.8) is 0 Å². The third-order valence-electron chi connectivity index (χ3n) is 6.83. The molecule has 2 amide bonds. The Balaban J connectivity index is 1.44. The van der Waals surface area contributed by atoms with Gasteiger partial charge in [0.2, 0.25) is 11.8 Å². The molecule has 2 fully saturated rings. The van der Waals surface area contributed by atoms with Crippen LogP contribution >= 0.6 is 11.3 Å². The van der Waals surface area contributed by atoms with E-state index >= 15 is 0 Å². The Morgan fingerprint density at radius 1 is 0.875 bits per heavy atom. The van der Waals surface area contributed by atoms with E-state index in [9.17, 15) is 9.59 Å². The minimum Gasteiger partial charge on any atom is -0.298 e. The van der Waals surface area contributed by atoms with Gasteiger partial charge < -0.3 is 0 Å². The molecule has 0 bridgehead atoms. The number of rotatable bonds is 3. The van der Waals surface area contributed by atoms with Crippen molar-refractivity contribution >= 4 is 38.9 Å². The van der Waals surface area contributed by atoms with E-state index in [1.54, 1.807) is 11.3 Å². The lowest BCUT2D eigenvalue weighted by Gasteiger charge is -2.27. The first-order valence-corrected chi connectivity index (χ1v) is 11.7. The number of imide groups is 1. The van der Waals surface area contributed by atoms with E-state index in [0.717, 1.165) is 16.7 Å². The van der Waals surface area contributed by atoms with Crippen LogP contribution in [0.2, 0.25) is 0 Å². The van der Waals surface area contributed by atoms with Crippen molar-refractivity contribution in [1.82, 2.24) is 4.90 Å². The molecule has 0 radical (unpaired) electrons. The summed E-state index contributed by atoms with van der Waals surface area (Å²) in [5.41, 5.74) is 4.03. The highest BCUT2D eigenvalue weighted by atomic mass is 32.1. The van der Waals surface area contributed by atoms with Crippen LogP contribution in [0, 0.1) is 11.8 Å². The highest BCUT2D eigenvalue weighted by Crippen LogP contribution is 2.48. The van der Waals surface area contributed by atoms with Gasteiger partial charge >= 0.3 is 0 Å². The quantitative estimate of drug-likeness (QED) is 0.404. The van der Waals surface area contributed by atoms with Gasteiger partial charge in [-0.15, -0.1) is 11.3 Å². The first-order valence-electron chi connectivity index (χ1n) is 10.8. The summed E-state index contributed by atoms with van der Waals surface area (Å²) in [5, 5.41) is 3.33. The van der Waals surface area contributed by atoms with Crippen molar-refractivity contribution < 1.29 is 9.59 Å². The average molecular weight is 439 g/mol. The van der Waals surface area contributed by atoms with E-state index in [0.29, 0.717) is 12.2 Å². The predicted octanol–water partition coefficient (Wildman–Crippen LogP) is 5.36. The zero-order chi connectivity index (χ0) is 21.8. The second-order valence-corrected chi connectivity index (χ2v) is 9.57. The average Bonchev–Trinajstić information content (AvgIpc) is 3.48. The van der Waals surface area contributed by atoms with Gasteiger partial charge in [0.05, 0.1) is 17.5 Å². The van der Waals surface area contributed by atoms with Crippen LogP contribution in [0.5, 0.6) is 0 Å². The van der Waals surface area contributed by atoms with Gasteiger partial charge in [-0.2, -0.15) is 0 Å². The molecule has 0 aliphatic carbocycles. The summed E-state index contributed by atoms with van der Waals surface area (Å²) in [7, 11) is 2.02. The number of benzene rings is 3. The normalized spacial score (nSPS) is 23.3. The fourth-order valence-corrected chi connectivity index (χ4v) is 6.18. The summed E-state index contributed by atoms with van der Waals surface area (Å²) in [6, 6.07) is 26.1. The molecule has 2 aliphatic heterocycles. The first-order chi connectivity index (χ1) is 15.6. The molecule has 5 heteroatoms. The summed E-state index contributed by atoms with van der Waals surface area (Å²) in [5.74, 6) is -0.870. The molecule has 0 saturated carbocycles. The minimum atomic E-state index is -0.376. The van der Waals surface area contributed by atoms with Gasteiger partial charge in [0.25, 0.3) is 0 Å².